The van der Waals surface area contributed by atoms with Crippen LogP contribution in [0.15, 0.2) is 46.1 Å². The lowest BCUT2D eigenvalue weighted by atomic mass is 10.0. The molecule has 1 atom stereocenters. The third-order valence-corrected chi connectivity index (χ3v) is 6.83. The predicted octanol–water partition coefficient (Wildman–Crippen LogP) is 3.26. The number of hydrogen-bond donors (Lipinski definition) is 1. The van der Waals surface area contributed by atoms with E-state index in [1.807, 2.05) is 39.0 Å². The van der Waals surface area contributed by atoms with Gasteiger partial charge in [-0.1, -0.05) is 35.1 Å². The molecule has 0 saturated carbocycles. The third kappa shape index (κ3) is 3.40. The van der Waals surface area contributed by atoms with Crippen LogP contribution in [0.4, 0.5) is 0 Å². The number of hydrogen-bond acceptors (Lipinski definition) is 4. The first-order chi connectivity index (χ1) is 11.7. The summed E-state index contributed by atoms with van der Waals surface area (Å²) in [5.41, 5.74) is 3.86. The van der Waals surface area contributed by atoms with Gasteiger partial charge in [0.1, 0.15) is 0 Å². The summed E-state index contributed by atoms with van der Waals surface area (Å²) in [5.74, 6) is 0. The van der Waals surface area contributed by atoms with E-state index < -0.39 is 10.0 Å². The largest absolute Gasteiger partial charge is 0.307 e. The molecule has 0 radical (unpaired) electrons. The maximum atomic E-state index is 12.7. The molecule has 0 aliphatic heterocycles. The van der Waals surface area contributed by atoms with Crippen molar-refractivity contribution in [2.24, 2.45) is 7.05 Å². The summed E-state index contributed by atoms with van der Waals surface area (Å²) < 4.78 is 30.4. The second-order valence-corrected chi connectivity index (χ2v) is 8.97. The number of benzene rings is 2. The van der Waals surface area contributed by atoms with Crippen LogP contribution in [0.3, 0.4) is 0 Å². The molecule has 0 fully saturated rings. The smallest absolute Gasteiger partial charge is 0.302 e. The van der Waals surface area contributed by atoms with Gasteiger partial charge in [0, 0.05) is 13.1 Å². The zero-order valence-electron chi connectivity index (χ0n) is 14.5. The highest BCUT2D eigenvalue weighted by atomic mass is 32.2. The molecule has 0 saturated heterocycles. The Morgan fingerprint density at radius 2 is 1.84 bits per heavy atom. The second kappa shape index (κ2) is 6.40. The van der Waals surface area contributed by atoms with E-state index in [0.717, 1.165) is 33.5 Å². The molecule has 1 N–H and O–H groups in total. The molecular weight excluding hydrogens is 356 g/mol. The molecule has 3 rings (SSSR count). The molecule has 0 spiro atoms. The van der Waals surface area contributed by atoms with Gasteiger partial charge in [-0.15, -0.1) is 0 Å². The van der Waals surface area contributed by atoms with E-state index in [-0.39, 0.29) is 15.8 Å². The van der Waals surface area contributed by atoms with Crippen LogP contribution in [-0.4, -0.2) is 13.0 Å². The molecular formula is C18H20N2O3S2. The Bertz CT molecular complexity index is 1110. The summed E-state index contributed by atoms with van der Waals surface area (Å²) in [6.07, 6.45) is 0. The second-order valence-electron chi connectivity index (χ2n) is 6.26. The third-order valence-electron chi connectivity index (χ3n) is 4.30. The SMILES string of the molecule is Cc1ccc([C@H](C)NS(=O)(=O)c2ccc3c(c2)sc(=O)n3C)c(C)c1. The van der Waals surface area contributed by atoms with E-state index in [9.17, 15) is 13.2 Å². The Morgan fingerprint density at radius 3 is 2.52 bits per heavy atom. The highest BCUT2D eigenvalue weighted by molar-refractivity contribution is 7.89. The first-order valence-corrected chi connectivity index (χ1v) is 10.2. The summed E-state index contributed by atoms with van der Waals surface area (Å²) in [6.45, 7) is 5.81. The highest BCUT2D eigenvalue weighted by Crippen LogP contribution is 2.24. The average molecular weight is 377 g/mol. The van der Waals surface area contributed by atoms with Crippen molar-refractivity contribution in [3.63, 3.8) is 0 Å². The van der Waals surface area contributed by atoms with Crippen LogP contribution < -0.4 is 9.60 Å². The monoisotopic (exact) mass is 376 g/mol. The van der Waals surface area contributed by atoms with Crippen molar-refractivity contribution in [1.29, 1.82) is 0 Å². The molecule has 1 heterocycles. The van der Waals surface area contributed by atoms with Gasteiger partial charge in [-0.25, -0.2) is 13.1 Å². The summed E-state index contributed by atoms with van der Waals surface area (Å²) >= 11 is 1.04. The minimum atomic E-state index is -3.68. The topological polar surface area (TPSA) is 68.2 Å². The molecule has 0 aliphatic rings. The fourth-order valence-corrected chi connectivity index (χ4v) is 5.20. The van der Waals surface area contributed by atoms with Crippen LogP contribution in [0, 0.1) is 13.8 Å². The van der Waals surface area contributed by atoms with E-state index >= 15 is 0 Å². The van der Waals surface area contributed by atoms with E-state index in [2.05, 4.69) is 4.72 Å². The Balaban J connectivity index is 1.94. The zero-order valence-corrected chi connectivity index (χ0v) is 16.2. The van der Waals surface area contributed by atoms with Gasteiger partial charge in [0.25, 0.3) is 0 Å². The first kappa shape index (κ1) is 17.8. The molecule has 2 aromatic carbocycles. The van der Waals surface area contributed by atoms with E-state index in [1.54, 1.807) is 19.2 Å². The van der Waals surface area contributed by atoms with Gasteiger partial charge in [0.15, 0.2) is 0 Å². The number of aromatic nitrogens is 1. The van der Waals surface area contributed by atoms with Crippen LogP contribution in [0.25, 0.3) is 10.2 Å². The molecule has 5 nitrogen and oxygen atoms in total. The minimum Gasteiger partial charge on any atom is -0.302 e. The molecule has 1 aromatic heterocycles. The Morgan fingerprint density at radius 1 is 1.12 bits per heavy atom. The Hall–Kier alpha value is -1.96. The van der Waals surface area contributed by atoms with Gasteiger partial charge in [-0.2, -0.15) is 0 Å². The van der Waals surface area contributed by atoms with Crippen molar-refractivity contribution >= 4 is 31.6 Å². The predicted molar refractivity (Wildman–Crippen MR) is 102 cm³/mol. The lowest BCUT2D eigenvalue weighted by Gasteiger charge is -2.17. The number of rotatable bonds is 4. The summed E-state index contributed by atoms with van der Waals surface area (Å²) in [5, 5.41) is 0. The Kier molecular flexibility index (Phi) is 4.57. The van der Waals surface area contributed by atoms with E-state index in [4.69, 9.17) is 0 Å². The lowest BCUT2D eigenvalue weighted by molar-refractivity contribution is 0.566. The molecule has 7 heteroatoms. The van der Waals surface area contributed by atoms with E-state index in [0.29, 0.717) is 4.70 Å². The Labute approximate surface area is 151 Å². The fourth-order valence-electron chi connectivity index (χ4n) is 2.96. The van der Waals surface area contributed by atoms with E-state index in [1.165, 1.54) is 10.6 Å². The van der Waals surface area contributed by atoms with Crippen molar-refractivity contribution in [1.82, 2.24) is 9.29 Å². The van der Waals surface area contributed by atoms with Crippen molar-refractivity contribution < 1.29 is 8.42 Å². The van der Waals surface area contributed by atoms with Crippen molar-refractivity contribution in [2.45, 2.75) is 31.7 Å². The molecule has 25 heavy (non-hydrogen) atoms. The van der Waals surface area contributed by atoms with Crippen LogP contribution >= 0.6 is 11.3 Å². The maximum Gasteiger partial charge on any atom is 0.307 e. The maximum absolute atomic E-state index is 12.7. The molecule has 0 amide bonds. The fraction of sp³-hybridized carbons (Fsp3) is 0.278. The summed E-state index contributed by atoms with van der Waals surface area (Å²) in [7, 11) is -2.01. The molecule has 0 aliphatic carbocycles. The summed E-state index contributed by atoms with van der Waals surface area (Å²) in [6, 6.07) is 10.4. The minimum absolute atomic E-state index is 0.110. The first-order valence-electron chi connectivity index (χ1n) is 7.88. The number of nitrogens with one attached hydrogen (secondary N) is 1. The number of aryl methyl sites for hydroxylation is 3. The van der Waals surface area contributed by atoms with Crippen LogP contribution in [0.5, 0.6) is 0 Å². The molecule has 0 unspecified atom stereocenters. The van der Waals surface area contributed by atoms with Crippen LogP contribution in [0.1, 0.15) is 29.7 Å². The van der Waals surface area contributed by atoms with Gasteiger partial charge in [0.05, 0.1) is 15.1 Å². The lowest BCUT2D eigenvalue weighted by Crippen LogP contribution is -2.27. The molecule has 0 bridgehead atoms. The normalized spacial score (nSPS) is 13.3. The van der Waals surface area contributed by atoms with Gasteiger partial charge in [0.2, 0.25) is 10.0 Å². The zero-order chi connectivity index (χ0) is 18.4. The van der Waals surface area contributed by atoms with Gasteiger partial charge in [-0.3, -0.25) is 4.79 Å². The standard InChI is InChI=1S/C18H20N2O3S2/c1-11-5-7-15(12(2)9-11)13(3)19-25(22,23)14-6-8-16-17(10-14)24-18(21)20(16)4/h5-10,13,19H,1-4H3/t13-/m0/s1. The van der Waals surface area contributed by atoms with Gasteiger partial charge < -0.3 is 4.57 Å². The molecule has 132 valence electrons. The van der Waals surface area contributed by atoms with Crippen LogP contribution in [0.2, 0.25) is 0 Å². The van der Waals surface area contributed by atoms with Gasteiger partial charge >= 0.3 is 4.87 Å². The quantitative estimate of drug-likeness (QED) is 0.760. The van der Waals surface area contributed by atoms with Crippen LogP contribution in [-0.2, 0) is 17.1 Å². The van der Waals surface area contributed by atoms with Crippen molar-refractivity contribution in [3.8, 4) is 0 Å². The van der Waals surface area contributed by atoms with Crippen molar-refractivity contribution in [2.75, 3.05) is 0 Å². The molecule has 3 aromatic rings. The van der Waals surface area contributed by atoms with Gasteiger partial charge in [-0.05, 0) is 50.1 Å². The number of thiazole rings is 1. The number of fused-ring (bicyclic) bond motifs is 1. The summed E-state index contributed by atoms with van der Waals surface area (Å²) in [4.78, 5) is 11.8. The number of nitrogens with zero attached hydrogens (tertiary/aromatic N) is 1. The average Bonchev–Trinajstić information content (AvgIpc) is 2.81. The number of sulfonamides is 1. The van der Waals surface area contributed by atoms with Crippen molar-refractivity contribution in [3.05, 3.63) is 62.8 Å². The highest BCUT2D eigenvalue weighted by Gasteiger charge is 2.20.